The molecule has 0 unspecified atom stereocenters. The Hall–Kier alpha value is -2.49. The maximum absolute atomic E-state index is 12.9. The largest absolute Gasteiger partial charge is 0.433 e. The molecular formula is C21H20ClF6N3O. The maximum Gasteiger partial charge on any atom is 0.433 e. The van der Waals surface area contributed by atoms with Crippen molar-refractivity contribution in [1.82, 2.24) is 10.3 Å². The number of pyridine rings is 1. The molecular weight excluding hydrogens is 460 g/mol. The van der Waals surface area contributed by atoms with E-state index in [-0.39, 0.29) is 28.4 Å². The highest BCUT2D eigenvalue weighted by molar-refractivity contribution is 6.33. The molecule has 1 aliphatic rings. The van der Waals surface area contributed by atoms with Crippen molar-refractivity contribution in [3.05, 3.63) is 58.2 Å². The number of carbonyl (C=O) groups is 1. The molecule has 0 saturated heterocycles. The second-order valence-corrected chi connectivity index (χ2v) is 8.08. The molecule has 0 radical (unpaired) electrons. The Morgan fingerprint density at radius 1 is 1.00 bits per heavy atom. The Balaban J connectivity index is 1.51. The van der Waals surface area contributed by atoms with Gasteiger partial charge in [0.1, 0.15) is 11.5 Å². The molecule has 1 saturated carbocycles. The van der Waals surface area contributed by atoms with Gasteiger partial charge in [-0.05, 0) is 61.9 Å². The summed E-state index contributed by atoms with van der Waals surface area (Å²) in [7, 11) is 0. The predicted octanol–water partition coefficient (Wildman–Crippen LogP) is 6.17. The highest BCUT2D eigenvalue weighted by Gasteiger charge is 2.33. The molecule has 1 aliphatic carbocycles. The molecule has 11 heteroatoms. The van der Waals surface area contributed by atoms with Gasteiger partial charge in [-0.2, -0.15) is 26.3 Å². The lowest BCUT2D eigenvalue weighted by Crippen LogP contribution is -2.38. The Bertz CT molecular complexity index is 955. The normalized spacial score (nSPS) is 19.5. The molecule has 1 aromatic carbocycles. The zero-order valence-corrected chi connectivity index (χ0v) is 17.4. The van der Waals surface area contributed by atoms with Gasteiger partial charge in [0.25, 0.3) is 5.91 Å². The SMILES string of the molecule is O=C(NC1CCC(CNc2cccc(C(F)(F)F)n2)CC1)c1cc(C(F)(F)F)ccc1Cl. The first-order chi connectivity index (χ1) is 14.9. The van der Waals surface area contributed by atoms with E-state index >= 15 is 0 Å². The summed E-state index contributed by atoms with van der Waals surface area (Å²) in [5, 5.41) is 5.57. The predicted molar refractivity (Wildman–Crippen MR) is 107 cm³/mol. The lowest BCUT2D eigenvalue weighted by molar-refractivity contribution is -0.141. The molecule has 1 fully saturated rings. The van der Waals surface area contributed by atoms with Gasteiger partial charge in [-0.15, -0.1) is 0 Å². The summed E-state index contributed by atoms with van der Waals surface area (Å²) in [6.45, 7) is 0.425. The van der Waals surface area contributed by atoms with Gasteiger partial charge in [-0.25, -0.2) is 4.98 Å². The number of nitrogens with zero attached hydrogens (tertiary/aromatic N) is 1. The van der Waals surface area contributed by atoms with Crippen LogP contribution in [-0.4, -0.2) is 23.5 Å². The smallest absolute Gasteiger partial charge is 0.370 e. The van der Waals surface area contributed by atoms with Gasteiger partial charge in [0.15, 0.2) is 0 Å². The topological polar surface area (TPSA) is 54.0 Å². The Morgan fingerprint density at radius 3 is 2.31 bits per heavy atom. The van der Waals surface area contributed by atoms with Crippen LogP contribution in [-0.2, 0) is 12.4 Å². The Morgan fingerprint density at radius 2 is 1.69 bits per heavy atom. The van der Waals surface area contributed by atoms with E-state index in [1.165, 1.54) is 12.1 Å². The van der Waals surface area contributed by atoms with Gasteiger partial charge in [0.05, 0.1) is 16.1 Å². The molecule has 2 aromatic rings. The lowest BCUT2D eigenvalue weighted by atomic mass is 9.86. The van der Waals surface area contributed by atoms with E-state index < -0.39 is 29.5 Å². The highest BCUT2D eigenvalue weighted by Crippen LogP contribution is 2.32. The molecule has 0 bridgehead atoms. The number of halogens is 7. The first-order valence-electron chi connectivity index (χ1n) is 9.89. The molecule has 2 N–H and O–H groups in total. The summed E-state index contributed by atoms with van der Waals surface area (Å²) in [6, 6.07) is 6.00. The third-order valence-electron chi connectivity index (χ3n) is 5.33. The number of amides is 1. The number of rotatable bonds is 5. The van der Waals surface area contributed by atoms with E-state index in [0.717, 1.165) is 24.3 Å². The number of nitrogens with one attached hydrogen (secondary N) is 2. The van der Waals surface area contributed by atoms with Crippen molar-refractivity contribution in [2.45, 2.75) is 44.1 Å². The molecule has 0 spiro atoms. The first-order valence-corrected chi connectivity index (χ1v) is 10.3. The van der Waals surface area contributed by atoms with Crippen molar-refractivity contribution in [3.63, 3.8) is 0 Å². The molecule has 1 amide bonds. The zero-order chi connectivity index (χ0) is 23.5. The Labute approximate surface area is 185 Å². The number of carbonyl (C=O) groups excluding carboxylic acids is 1. The summed E-state index contributed by atoms with van der Waals surface area (Å²) in [4.78, 5) is 16.0. The van der Waals surface area contributed by atoms with Gasteiger partial charge >= 0.3 is 12.4 Å². The molecule has 4 nitrogen and oxygen atoms in total. The number of benzene rings is 1. The minimum absolute atomic E-state index is 0.0676. The quantitative estimate of drug-likeness (QED) is 0.504. The summed E-state index contributed by atoms with van der Waals surface area (Å²) in [5.41, 5.74) is -2.16. The van der Waals surface area contributed by atoms with E-state index in [4.69, 9.17) is 11.6 Å². The molecule has 1 aromatic heterocycles. The molecule has 1 heterocycles. The fourth-order valence-electron chi connectivity index (χ4n) is 3.59. The zero-order valence-electron chi connectivity index (χ0n) is 16.7. The number of alkyl halides is 6. The second-order valence-electron chi connectivity index (χ2n) is 7.67. The van der Waals surface area contributed by atoms with Crippen molar-refractivity contribution >= 4 is 23.3 Å². The van der Waals surface area contributed by atoms with E-state index in [9.17, 15) is 31.1 Å². The fraction of sp³-hybridized carbons (Fsp3) is 0.429. The van der Waals surface area contributed by atoms with Crippen molar-refractivity contribution in [2.24, 2.45) is 5.92 Å². The number of anilines is 1. The van der Waals surface area contributed by atoms with Gasteiger partial charge in [0.2, 0.25) is 0 Å². The summed E-state index contributed by atoms with van der Waals surface area (Å²) in [6.07, 6.45) is -6.55. The fourth-order valence-corrected chi connectivity index (χ4v) is 3.79. The van der Waals surface area contributed by atoms with Crippen LogP contribution < -0.4 is 10.6 Å². The van der Waals surface area contributed by atoms with Crippen molar-refractivity contribution < 1.29 is 31.1 Å². The standard InChI is InChI=1S/C21H20ClF6N3O/c22-16-9-6-13(20(23,24)25)10-15(16)19(32)30-14-7-4-12(5-8-14)11-29-18-3-1-2-17(31-18)21(26,27)28/h1-3,6,9-10,12,14H,4-5,7-8,11H2,(H,29,31)(H,30,32). The Kier molecular flexibility index (Phi) is 7.22. The van der Waals surface area contributed by atoms with Crippen molar-refractivity contribution in [3.8, 4) is 0 Å². The first kappa shape index (κ1) is 24.2. The van der Waals surface area contributed by atoms with Crippen molar-refractivity contribution in [1.29, 1.82) is 0 Å². The van der Waals surface area contributed by atoms with Crippen LogP contribution >= 0.6 is 11.6 Å². The molecule has 3 rings (SSSR count). The number of hydrogen-bond acceptors (Lipinski definition) is 3. The van der Waals surface area contributed by atoms with E-state index in [1.54, 1.807) is 0 Å². The van der Waals surface area contributed by atoms with Crippen LogP contribution in [0.15, 0.2) is 36.4 Å². The van der Waals surface area contributed by atoms with Gasteiger partial charge in [-0.3, -0.25) is 4.79 Å². The highest BCUT2D eigenvalue weighted by atomic mass is 35.5. The van der Waals surface area contributed by atoms with Crippen LogP contribution in [0.2, 0.25) is 5.02 Å². The van der Waals surface area contributed by atoms with Crippen LogP contribution in [0.3, 0.4) is 0 Å². The van der Waals surface area contributed by atoms with E-state index in [0.29, 0.717) is 32.2 Å². The van der Waals surface area contributed by atoms with E-state index in [1.807, 2.05) is 0 Å². The van der Waals surface area contributed by atoms with Gasteiger partial charge < -0.3 is 10.6 Å². The molecule has 174 valence electrons. The van der Waals surface area contributed by atoms with Gasteiger partial charge in [-0.1, -0.05) is 17.7 Å². The second kappa shape index (κ2) is 9.56. The minimum Gasteiger partial charge on any atom is -0.370 e. The van der Waals surface area contributed by atoms with Gasteiger partial charge in [0, 0.05) is 12.6 Å². The maximum atomic E-state index is 12.9. The van der Waals surface area contributed by atoms with Crippen LogP contribution in [0.1, 0.15) is 47.3 Å². The van der Waals surface area contributed by atoms with Crippen LogP contribution in [0.25, 0.3) is 0 Å². The lowest BCUT2D eigenvalue weighted by Gasteiger charge is -2.29. The third kappa shape index (κ3) is 6.27. The van der Waals surface area contributed by atoms with Crippen molar-refractivity contribution in [2.75, 3.05) is 11.9 Å². The average Bonchev–Trinajstić information content (AvgIpc) is 2.72. The molecule has 0 atom stereocenters. The van der Waals surface area contributed by atoms with E-state index in [2.05, 4.69) is 15.6 Å². The van der Waals surface area contributed by atoms with Crippen LogP contribution in [0.4, 0.5) is 32.2 Å². The molecule has 32 heavy (non-hydrogen) atoms. The summed E-state index contributed by atoms with van der Waals surface area (Å²) < 4.78 is 76.9. The number of aromatic nitrogens is 1. The minimum atomic E-state index is -4.58. The average molecular weight is 480 g/mol. The summed E-state index contributed by atoms with van der Waals surface area (Å²) in [5.74, 6) is -0.373. The van der Waals surface area contributed by atoms with Crippen LogP contribution in [0, 0.1) is 5.92 Å². The summed E-state index contributed by atoms with van der Waals surface area (Å²) >= 11 is 5.91. The molecule has 0 aliphatic heterocycles. The number of hydrogen-bond donors (Lipinski definition) is 2. The van der Waals surface area contributed by atoms with Crippen LogP contribution in [0.5, 0.6) is 0 Å². The monoisotopic (exact) mass is 479 g/mol. The third-order valence-corrected chi connectivity index (χ3v) is 5.66.